The summed E-state index contributed by atoms with van der Waals surface area (Å²) in [5, 5.41) is 3.19. The van der Waals surface area contributed by atoms with Crippen LogP contribution in [0.1, 0.15) is 6.42 Å². The van der Waals surface area contributed by atoms with Crippen molar-refractivity contribution in [2.75, 3.05) is 13.6 Å². The summed E-state index contributed by atoms with van der Waals surface area (Å²) in [7, 11) is 2.01. The van der Waals surface area contributed by atoms with Gasteiger partial charge in [-0.25, -0.2) is 0 Å². The van der Waals surface area contributed by atoms with Crippen LogP contribution < -0.4 is 5.32 Å². The molecule has 2 rings (SSSR count). The van der Waals surface area contributed by atoms with Gasteiger partial charge in [-0.2, -0.15) is 0 Å². The van der Waals surface area contributed by atoms with Crippen molar-refractivity contribution in [3.05, 3.63) is 23.8 Å². The first-order chi connectivity index (χ1) is 4.92. The van der Waals surface area contributed by atoms with Gasteiger partial charge in [-0.15, -0.1) is 0 Å². The fraction of sp³-hybridized carbons (Fsp3) is 0.556. The molecule has 0 bridgehead atoms. The smallest absolute Gasteiger partial charge is 0.0167 e. The fourth-order valence-corrected chi connectivity index (χ4v) is 1.69. The zero-order valence-electron chi connectivity index (χ0n) is 6.30. The third kappa shape index (κ3) is 0.907. The normalized spacial score (nSPS) is 35.1. The monoisotopic (exact) mass is 135 g/mol. The van der Waals surface area contributed by atoms with Crippen LogP contribution in [-0.2, 0) is 0 Å². The Morgan fingerprint density at radius 2 is 2.60 bits per heavy atom. The highest BCUT2D eigenvalue weighted by Crippen LogP contribution is 2.46. The van der Waals surface area contributed by atoms with Gasteiger partial charge >= 0.3 is 0 Å². The van der Waals surface area contributed by atoms with E-state index in [1.54, 1.807) is 5.57 Å². The van der Waals surface area contributed by atoms with E-state index < -0.39 is 0 Å². The zero-order chi connectivity index (χ0) is 6.97. The molecule has 2 aliphatic rings. The van der Waals surface area contributed by atoms with Crippen molar-refractivity contribution in [3.63, 3.8) is 0 Å². The summed E-state index contributed by atoms with van der Waals surface area (Å²) in [5.41, 5.74) is 1.59. The third-order valence-corrected chi connectivity index (χ3v) is 2.37. The molecule has 54 valence electrons. The Morgan fingerprint density at radius 3 is 3.40 bits per heavy atom. The molecule has 0 saturated heterocycles. The molecule has 0 spiro atoms. The van der Waals surface area contributed by atoms with E-state index in [9.17, 15) is 0 Å². The van der Waals surface area contributed by atoms with Crippen molar-refractivity contribution in [3.8, 4) is 0 Å². The highest BCUT2D eigenvalue weighted by molar-refractivity contribution is 5.30. The van der Waals surface area contributed by atoms with Crippen LogP contribution in [0.5, 0.6) is 0 Å². The van der Waals surface area contributed by atoms with Crippen molar-refractivity contribution >= 4 is 0 Å². The van der Waals surface area contributed by atoms with Crippen LogP contribution in [0.15, 0.2) is 23.8 Å². The highest BCUT2D eigenvalue weighted by atomic mass is 14.8. The third-order valence-electron chi connectivity index (χ3n) is 2.37. The first-order valence-electron chi connectivity index (χ1n) is 3.93. The van der Waals surface area contributed by atoms with E-state index >= 15 is 0 Å². The molecule has 1 N–H and O–H groups in total. The average Bonchev–Trinajstić information content (AvgIpc) is 2.67. The molecule has 0 heterocycles. The predicted octanol–water partition coefficient (Wildman–Crippen LogP) is 1.34. The lowest BCUT2D eigenvalue weighted by Crippen LogP contribution is -2.12. The lowest BCUT2D eigenvalue weighted by atomic mass is 10.1. The Balaban J connectivity index is 2.05. The first kappa shape index (κ1) is 6.17. The lowest BCUT2D eigenvalue weighted by Gasteiger charge is -2.06. The minimum absolute atomic E-state index is 0.897. The average molecular weight is 135 g/mol. The second-order valence-corrected chi connectivity index (χ2v) is 3.16. The SMILES string of the molecule is CNCC1=CC=CC2C[C@H]12. The molecular formula is C9H13N. The summed E-state index contributed by atoms with van der Waals surface area (Å²) >= 11 is 0. The Labute approximate surface area is 61.8 Å². The summed E-state index contributed by atoms with van der Waals surface area (Å²) in [6.07, 6.45) is 8.17. The molecule has 2 atom stereocenters. The molecule has 0 aliphatic heterocycles. The minimum atomic E-state index is 0.897. The maximum Gasteiger partial charge on any atom is 0.0167 e. The van der Waals surface area contributed by atoms with Gasteiger partial charge in [0, 0.05) is 6.54 Å². The van der Waals surface area contributed by atoms with E-state index in [1.165, 1.54) is 6.42 Å². The maximum absolute atomic E-state index is 3.19. The molecule has 0 aromatic carbocycles. The molecule has 0 aromatic rings. The Bertz CT molecular complexity index is 191. The van der Waals surface area contributed by atoms with E-state index in [1.807, 2.05) is 7.05 Å². The number of nitrogens with one attached hydrogen (secondary N) is 1. The van der Waals surface area contributed by atoms with Crippen LogP contribution in [0.4, 0.5) is 0 Å². The molecule has 1 heteroatoms. The second kappa shape index (κ2) is 2.24. The van der Waals surface area contributed by atoms with Crippen LogP contribution in [0, 0.1) is 11.8 Å². The van der Waals surface area contributed by atoms with E-state index in [4.69, 9.17) is 0 Å². The second-order valence-electron chi connectivity index (χ2n) is 3.16. The number of hydrogen-bond donors (Lipinski definition) is 1. The van der Waals surface area contributed by atoms with Crippen LogP contribution in [0.3, 0.4) is 0 Å². The fourth-order valence-electron chi connectivity index (χ4n) is 1.69. The Hall–Kier alpha value is -0.560. The molecule has 1 saturated carbocycles. The molecule has 0 aromatic heterocycles. The van der Waals surface area contributed by atoms with Crippen LogP contribution in [-0.4, -0.2) is 13.6 Å². The van der Waals surface area contributed by atoms with E-state index in [2.05, 4.69) is 23.5 Å². The summed E-state index contributed by atoms with van der Waals surface area (Å²) in [6, 6.07) is 0. The van der Waals surface area contributed by atoms with E-state index in [0.29, 0.717) is 0 Å². The maximum atomic E-state index is 3.19. The van der Waals surface area contributed by atoms with Crippen molar-refractivity contribution < 1.29 is 0 Å². The highest BCUT2D eigenvalue weighted by Gasteiger charge is 2.38. The predicted molar refractivity (Wildman–Crippen MR) is 42.7 cm³/mol. The zero-order valence-corrected chi connectivity index (χ0v) is 6.30. The summed E-state index contributed by atoms with van der Waals surface area (Å²) in [4.78, 5) is 0. The standard InChI is InChI=1S/C9H13N/c1-10-6-8-4-2-3-7-5-9(7)8/h2-4,7,9-10H,5-6H2,1H3/t7?,9-/m0/s1. The number of rotatable bonds is 2. The Morgan fingerprint density at radius 1 is 1.70 bits per heavy atom. The van der Waals surface area contributed by atoms with Crippen LogP contribution in [0.2, 0.25) is 0 Å². The molecule has 0 amide bonds. The van der Waals surface area contributed by atoms with Crippen molar-refractivity contribution in [2.24, 2.45) is 11.8 Å². The van der Waals surface area contributed by atoms with Crippen molar-refractivity contribution in [2.45, 2.75) is 6.42 Å². The number of hydrogen-bond acceptors (Lipinski definition) is 1. The van der Waals surface area contributed by atoms with Gasteiger partial charge < -0.3 is 5.32 Å². The molecule has 2 aliphatic carbocycles. The van der Waals surface area contributed by atoms with E-state index in [-0.39, 0.29) is 0 Å². The van der Waals surface area contributed by atoms with Gasteiger partial charge in [0.2, 0.25) is 0 Å². The number of likely N-dealkylation sites (N-methyl/N-ethyl adjacent to an activating group) is 1. The van der Waals surface area contributed by atoms with E-state index in [0.717, 1.165) is 18.4 Å². The molecule has 1 unspecified atom stereocenters. The van der Waals surface area contributed by atoms with Gasteiger partial charge in [0.25, 0.3) is 0 Å². The lowest BCUT2D eigenvalue weighted by molar-refractivity contribution is 0.788. The molecule has 1 nitrogen and oxygen atoms in total. The van der Waals surface area contributed by atoms with Crippen LogP contribution >= 0.6 is 0 Å². The van der Waals surface area contributed by atoms with Gasteiger partial charge in [-0.1, -0.05) is 23.8 Å². The topological polar surface area (TPSA) is 12.0 Å². The number of allylic oxidation sites excluding steroid dienone is 3. The van der Waals surface area contributed by atoms with Crippen molar-refractivity contribution in [1.82, 2.24) is 5.32 Å². The summed E-state index contributed by atoms with van der Waals surface area (Å²) in [6.45, 7) is 1.07. The minimum Gasteiger partial charge on any atom is -0.316 e. The first-order valence-corrected chi connectivity index (χ1v) is 3.93. The molecule has 1 fully saturated rings. The van der Waals surface area contributed by atoms with Gasteiger partial charge in [-0.3, -0.25) is 0 Å². The molecule has 0 radical (unpaired) electrons. The molecular weight excluding hydrogens is 122 g/mol. The largest absolute Gasteiger partial charge is 0.316 e. The Kier molecular flexibility index (Phi) is 1.38. The quantitative estimate of drug-likeness (QED) is 0.602. The number of fused-ring (bicyclic) bond motifs is 1. The van der Waals surface area contributed by atoms with Crippen molar-refractivity contribution in [1.29, 1.82) is 0 Å². The summed E-state index contributed by atoms with van der Waals surface area (Å²) < 4.78 is 0. The van der Waals surface area contributed by atoms with Gasteiger partial charge in [0.1, 0.15) is 0 Å². The summed E-state index contributed by atoms with van der Waals surface area (Å²) in [5.74, 6) is 1.80. The van der Waals surface area contributed by atoms with Crippen LogP contribution in [0.25, 0.3) is 0 Å². The van der Waals surface area contributed by atoms with Gasteiger partial charge in [-0.05, 0) is 25.3 Å². The molecule has 10 heavy (non-hydrogen) atoms. The van der Waals surface area contributed by atoms with Gasteiger partial charge in [0.15, 0.2) is 0 Å². The van der Waals surface area contributed by atoms with Gasteiger partial charge in [0.05, 0.1) is 0 Å².